The van der Waals surface area contributed by atoms with Crippen LogP contribution in [0.5, 0.6) is 0 Å². The minimum atomic E-state index is -0.335. The number of furan rings is 2. The highest BCUT2D eigenvalue weighted by Crippen LogP contribution is 2.64. The first-order valence-corrected chi connectivity index (χ1v) is 21.6. The van der Waals surface area contributed by atoms with Crippen LogP contribution in [-0.4, -0.2) is 15.0 Å². The van der Waals surface area contributed by atoms with E-state index in [-0.39, 0.29) is 5.41 Å². The second-order valence-electron chi connectivity index (χ2n) is 16.9. The molecule has 1 unspecified atom stereocenters. The lowest BCUT2D eigenvalue weighted by Gasteiger charge is -2.33. The zero-order valence-electron chi connectivity index (χ0n) is 34.0. The van der Waals surface area contributed by atoms with Crippen LogP contribution in [0.3, 0.4) is 0 Å². The predicted octanol–water partition coefficient (Wildman–Crippen LogP) is 14.8. The van der Waals surface area contributed by atoms with Crippen molar-refractivity contribution in [2.24, 2.45) is 0 Å². The number of benzene rings is 8. The van der Waals surface area contributed by atoms with E-state index in [1.54, 1.807) is 0 Å². The molecule has 14 rings (SSSR count). The number of nitrogens with zero attached hydrogens (tertiary/aromatic N) is 3. The van der Waals surface area contributed by atoms with Crippen LogP contribution in [0, 0.1) is 0 Å². The van der Waals surface area contributed by atoms with Crippen molar-refractivity contribution in [3.8, 4) is 56.4 Å². The predicted molar refractivity (Wildman–Crippen MR) is 253 cm³/mol. The van der Waals surface area contributed by atoms with Crippen LogP contribution < -0.4 is 0 Å². The van der Waals surface area contributed by atoms with Crippen LogP contribution >= 0.6 is 0 Å². The average molecular weight is 806 g/mol. The van der Waals surface area contributed by atoms with Gasteiger partial charge in [-0.05, 0) is 105 Å². The lowest BCUT2D eigenvalue weighted by Crippen LogP contribution is -2.27. The van der Waals surface area contributed by atoms with Crippen molar-refractivity contribution in [3.63, 3.8) is 0 Å². The zero-order valence-corrected chi connectivity index (χ0v) is 34.0. The van der Waals surface area contributed by atoms with E-state index in [9.17, 15) is 0 Å². The largest absolute Gasteiger partial charge is 0.456 e. The summed E-state index contributed by atoms with van der Waals surface area (Å²) >= 11 is 0. The number of fused-ring (bicyclic) bond motifs is 15. The molecule has 5 heteroatoms. The van der Waals surface area contributed by atoms with E-state index in [2.05, 4.69) is 115 Å². The van der Waals surface area contributed by atoms with Crippen LogP contribution in [0.25, 0.3) is 106 Å². The highest BCUT2D eigenvalue weighted by Gasteiger charge is 2.52. The third-order valence-corrected chi connectivity index (χ3v) is 13.7. The van der Waals surface area contributed by atoms with E-state index < -0.39 is 0 Å². The molecule has 0 saturated heterocycles. The first-order chi connectivity index (χ1) is 31.2. The van der Waals surface area contributed by atoms with Gasteiger partial charge < -0.3 is 8.83 Å². The van der Waals surface area contributed by atoms with Crippen LogP contribution in [0.4, 0.5) is 0 Å². The van der Waals surface area contributed by atoms with Crippen molar-refractivity contribution < 1.29 is 8.83 Å². The van der Waals surface area contributed by atoms with Gasteiger partial charge in [0.2, 0.25) is 0 Å². The molecule has 5 nitrogen and oxygen atoms in total. The Morgan fingerprint density at radius 1 is 0.397 bits per heavy atom. The van der Waals surface area contributed by atoms with Crippen molar-refractivity contribution in [3.05, 3.63) is 216 Å². The molecule has 3 aliphatic carbocycles. The summed E-state index contributed by atoms with van der Waals surface area (Å²) in [7, 11) is 0. The summed E-state index contributed by atoms with van der Waals surface area (Å²) in [5.74, 6) is 1.75. The van der Waals surface area contributed by atoms with Crippen molar-refractivity contribution in [2.45, 2.75) is 18.3 Å². The lowest BCUT2D eigenvalue weighted by molar-refractivity contribution is 0.668. The molecule has 3 aromatic heterocycles. The number of allylic oxidation sites excluding steroid dienone is 4. The number of hydrogen-bond donors (Lipinski definition) is 0. The molecule has 63 heavy (non-hydrogen) atoms. The average Bonchev–Trinajstić information content (AvgIpc) is 4.09. The van der Waals surface area contributed by atoms with Gasteiger partial charge in [0.25, 0.3) is 0 Å². The molecular weight excluding hydrogens is 771 g/mol. The van der Waals surface area contributed by atoms with E-state index >= 15 is 0 Å². The molecule has 0 amide bonds. The van der Waals surface area contributed by atoms with Gasteiger partial charge in [0.1, 0.15) is 22.3 Å². The number of hydrogen-bond acceptors (Lipinski definition) is 5. The summed E-state index contributed by atoms with van der Waals surface area (Å²) in [4.78, 5) is 15.6. The van der Waals surface area contributed by atoms with Gasteiger partial charge in [-0.15, -0.1) is 0 Å². The fraction of sp³-hybridized carbons (Fsp3) is 0.0517. The van der Waals surface area contributed by atoms with E-state index in [0.29, 0.717) is 17.5 Å². The van der Waals surface area contributed by atoms with E-state index in [4.69, 9.17) is 23.8 Å². The van der Waals surface area contributed by atoms with Crippen LogP contribution in [0.1, 0.15) is 35.1 Å². The highest BCUT2D eigenvalue weighted by atomic mass is 16.3. The quantitative estimate of drug-likeness (QED) is 0.177. The minimum Gasteiger partial charge on any atom is -0.456 e. The third kappa shape index (κ3) is 4.79. The molecular formula is C58H35N3O2. The molecule has 0 N–H and O–H groups in total. The summed E-state index contributed by atoms with van der Waals surface area (Å²) in [5.41, 5.74) is 18.8. The Morgan fingerprint density at radius 3 is 1.76 bits per heavy atom. The van der Waals surface area contributed by atoms with E-state index in [1.165, 1.54) is 50.1 Å². The summed E-state index contributed by atoms with van der Waals surface area (Å²) in [6.07, 6.45) is 6.79. The van der Waals surface area contributed by atoms with Crippen molar-refractivity contribution in [1.82, 2.24) is 15.0 Å². The molecule has 294 valence electrons. The molecule has 0 radical (unpaired) electrons. The lowest BCUT2D eigenvalue weighted by atomic mass is 9.68. The summed E-state index contributed by atoms with van der Waals surface area (Å²) in [6, 6.07) is 62.3. The standard InChI is InChI=1S/C58H35N3O2/c1-2-14-34(15-3-1)55-59-56(42-20-12-26-51-53(42)41-19-7-11-25-49(41)62-51)61-57(60-55)43-21-13-27-52-54(43)44-32-35(29-31-50(44)63-52)36-28-30-40-39-18-6-10-24-47(39)58(48(40)33-36)45-22-8-4-16-37(45)38-17-5-9-23-46(38)58/h1-8,10-22,24-33H,9,23H2. The van der Waals surface area contributed by atoms with Gasteiger partial charge in [-0.1, -0.05) is 152 Å². The molecule has 0 fully saturated rings. The van der Waals surface area contributed by atoms with Gasteiger partial charge in [-0.2, -0.15) is 0 Å². The first-order valence-electron chi connectivity index (χ1n) is 21.6. The molecule has 0 bridgehead atoms. The van der Waals surface area contributed by atoms with Crippen molar-refractivity contribution in [1.29, 1.82) is 0 Å². The molecule has 8 aromatic carbocycles. The van der Waals surface area contributed by atoms with Gasteiger partial charge >= 0.3 is 0 Å². The minimum absolute atomic E-state index is 0.335. The van der Waals surface area contributed by atoms with Gasteiger partial charge in [0.05, 0.1) is 5.41 Å². The summed E-state index contributed by atoms with van der Waals surface area (Å²) in [6.45, 7) is 0. The Balaban J connectivity index is 0.971. The van der Waals surface area contributed by atoms with E-state index in [0.717, 1.165) is 79.0 Å². The molecule has 0 saturated carbocycles. The van der Waals surface area contributed by atoms with Gasteiger partial charge in [0.15, 0.2) is 17.5 Å². The molecule has 3 heterocycles. The number of rotatable bonds is 4. The fourth-order valence-electron chi connectivity index (χ4n) is 11.1. The van der Waals surface area contributed by atoms with E-state index in [1.807, 2.05) is 72.8 Å². The van der Waals surface area contributed by atoms with Gasteiger partial charge in [-0.3, -0.25) is 0 Å². The second-order valence-corrected chi connectivity index (χ2v) is 16.9. The number of para-hydroxylation sites is 1. The Hall–Kier alpha value is -8.15. The maximum Gasteiger partial charge on any atom is 0.164 e. The van der Waals surface area contributed by atoms with Crippen molar-refractivity contribution in [2.75, 3.05) is 0 Å². The third-order valence-electron chi connectivity index (χ3n) is 13.7. The Morgan fingerprint density at radius 2 is 0.968 bits per heavy atom. The Bertz CT molecular complexity index is 3810. The summed E-state index contributed by atoms with van der Waals surface area (Å²) in [5, 5.41) is 3.98. The topological polar surface area (TPSA) is 65.0 Å². The normalized spacial score (nSPS) is 16.1. The first kappa shape index (κ1) is 34.6. The molecule has 1 atom stereocenters. The van der Waals surface area contributed by atoms with Crippen molar-refractivity contribution >= 4 is 49.5 Å². The van der Waals surface area contributed by atoms with Gasteiger partial charge in [0, 0.05) is 38.2 Å². The van der Waals surface area contributed by atoms with Crippen LogP contribution in [0.15, 0.2) is 202 Å². The molecule has 11 aromatic rings. The smallest absolute Gasteiger partial charge is 0.164 e. The molecule has 3 aliphatic rings. The maximum absolute atomic E-state index is 6.63. The highest BCUT2D eigenvalue weighted by molar-refractivity contribution is 6.14. The van der Waals surface area contributed by atoms with Crippen LogP contribution in [0.2, 0.25) is 0 Å². The molecule has 1 spiro atoms. The maximum atomic E-state index is 6.63. The SMILES string of the molecule is C1=CC2=C(CC1)C1(c3ccccc32)c2ccccc2-c2ccc(-c3ccc4oc5cccc(-c6nc(-c7ccccc7)nc(-c7cccc8oc9ccccc9c78)n6)c5c4c3)cc21. The fourth-order valence-corrected chi connectivity index (χ4v) is 11.1. The zero-order chi connectivity index (χ0) is 41.2. The Kier molecular flexibility index (Phi) is 7.09. The van der Waals surface area contributed by atoms with Crippen LogP contribution in [-0.2, 0) is 5.41 Å². The monoisotopic (exact) mass is 805 g/mol. The second kappa shape index (κ2) is 12.9. The Labute approximate surface area is 362 Å². The summed E-state index contributed by atoms with van der Waals surface area (Å²) < 4.78 is 12.9. The number of aromatic nitrogens is 3. The van der Waals surface area contributed by atoms with Gasteiger partial charge in [-0.25, -0.2) is 15.0 Å². The molecule has 0 aliphatic heterocycles.